The molecule has 2 aromatic rings. The lowest BCUT2D eigenvalue weighted by molar-refractivity contribution is 0.0942. The summed E-state index contributed by atoms with van der Waals surface area (Å²) < 4.78 is 5.10. The van der Waals surface area contributed by atoms with Crippen LogP contribution in [0.25, 0.3) is 0 Å². The molecule has 1 aliphatic carbocycles. The van der Waals surface area contributed by atoms with E-state index < -0.39 is 0 Å². The highest BCUT2D eigenvalue weighted by Crippen LogP contribution is 2.23. The summed E-state index contributed by atoms with van der Waals surface area (Å²) in [6, 6.07) is 8.61. The zero-order valence-electron chi connectivity index (χ0n) is 14.5. The highest BCUT2D eigenvalue weighted by Gasteiger charge is 2.16. The van der Waals surface area contributed by atoms with E-state index in [1.165, 1.54) is 38.4 Å². The van der Waals surface area contributed by atoms with E-state index in [2.05, 4.69) is 10.6 Å². The number of hydrogen-bond donors (Lipinski definition) is 2. The van der Waals surface area contributed by atoms with Crippen molar-refractivity contribution < 1.29 is 14.0 Å². The molecule has 1 aromatic heterocycles. The van der Waals surface area contributed by atoms with E-state index in [1.807, 2.05) is 13.0 Å². The van der Waals surface area contributed by atoms with Gasteiger partial charge in [-0.15, -0.1) is 0 Å². The van der Waals surface area contributed by atoms with Crippen LogP contribution in [-0.2, 0) is 0 Å². The SMILES string of the molecule is Cc1ccc(C(=O)NCC2CCCCC2)cc1NC(=O)c1ccco1. The van der Waals surface area contributed by atoms with Gasteiger partial charge in [0, 0.05) is 17.8 Å². The standard InChI is InChI=1S/C20H24N2O3/c1-14-9-10-16(19(23)21-13-15-6-3-2-4-7-15)12-17(14)22-20(24)18-8-5-11-25-18/h5,8-12,15H,2-4,6-7,13H2,1H3,(H,21,23)(H,22,24). The number of benzene rings is 1. The number of carbonyl (C=O) groups is 2. The largest absolute Gasteiger partial charge is 0.459 e. The van der Waals surface area contributed by atoms with Crippen LogP contribution in [0.3, 0.4) is 0 Å². The number of furan rings is 1. The fraction of sp³-hybridized carbons (Fsp3) is 0.400. The van der Waals surface area contributed by atoms with E-state index in [0.29, 0.717) is 17.2 Å². The van der Waals surface area contributed by atoms with Crippen LogP contribution in [-0.4, -0.2) is 18.4 Å². The third kappa shape index (κ3) is 4.50. The first-order valence-electron chi connectivity index (χ1n) is 8.87. The van der Waals surface area contributed by atoms with Crippen LogP contribution in [0.15, 0.2) is 41.0 Å². The molecule has 0 aliphatic heterocycles. The monoisotopic (exact) mass is 340 g/mol. The van der Waals surface area contributed by atoms with Crippen LogP contribution in [0.4, 0.5) is 5.69 Å². The molecule has 1 fully saturated rings. The zero-order valence-corrected chi connectivity index (χ0v) is 14.5. The van der Waals surface area contributed by atoms with E-state index in [4.69, 9.17) is 4.42 Å². The molecule has 25 heavy (non-hydrogen) atoms. The van der Waals surface area contributed by atoms with Crippen molar-refractivity contribution >= 4 is 17.5 Å². The lowest BCUT2D eigenvalue weighted by Crippen LogP contribution is -2.30. The van der Waals surface area contributed by atoms with E-state index >= 15 is 0 Å². The number of amides is 2. The van der Waals surface area contributed by atoms with Crippen molar-refractivity contribution in [3.8, 4) is 0 Å². The second kappa shape index (κ2) is 8.01. The number of rotatable bonds is 5. The predicted molar refractivity (Wildman–Crippen MR) is 96.7 cm³/mol. The second-order valence-corrected chi connectivity index (χ2v) is 6.68. The topological polar surface area (TPSA) is 71.3 Å². The van der Waals surface area contributed by atoms with Crippen LogP contribution in [0.5, 0.6) is 0 Å². The van der Waals surface area contributed by atoms with Gasteiger partial charge in [-0.3, -0.25) is 9.59 Å². The number of aryl methyl sites for hydroxylation is 1. The van der Waals surface area contributed by atoms with Gasteiger partial charge in [0.1, 0.15) is 0 Å². The summed E-state index contributed by atoms with van der Waals surface area (Å²) in [4.78, 5) is 24.6. The third-order valence-electron chi connectivity index (χ3n) is 4.77. The first kappa shape index (κ1) is 17.3. The van der Waals surface area contributed by atoms with Crippen LogP contribution < -0.4 is 10.6 Å². The average Bonchev–Trinajstić information content (AvgIpc) is 3.17. The molecule has 1 heterocycles. The number of anilines is 1. The molecule has 0 radical (unpaired) electrons. The minimum Gasteiger partial charge on any atom is -0.459 e. The maximum Gasteiger partial charge on any atom is 0.291 e. The molecule has 132 valence electrons. The molecule has 3 rings (SSSR count). The predicted octanol–water partition coefficient (Wildman–Crippen LogP) is 4.15. The Kier molecular flexibility index (Phi) is 5.53. The summed E-state index contributed by atoms with van der Waals surface area (Å²) >= 11 is 0. The van der Waals surface area contributed by atoms with E-state index in [0.717, 1.165) is 12.1 Å². The molecule has 5 nitrogen and oxygen atoms in total. The maximum atomic E-state index is 12.4. The van der Waals surface area contributed by atoms with Crippen molar-refractivity contribution in [3.63, 3.8) is 0 Å². The Morgan fingerprint density at radius 2 is 1.92 bits per heavy atom. The quantitative estimate of drug-likeness (QED) is 0.859. The van der Waals surface area contributed by atoms with Crippen LogP contribution in [0, 0.1) is 12.8 Å². The first-order chi connectivity index (χ1) is 12.1. The smallest absolute Gasteiger partial charge is 0.291 e. The Labute approximate surface area is 147 Å². The maximum absolute atomic E-state index is 12.4. The lowest BCUT2D eigenvalue weighted by atomic mass is 9.89. The fourth-order valence-corrected chi connectivity index (χ4v) is 3.22. The Morgan fingerprint density at radius 1 is 1.12 bits per heavy atom. The zero-order chi connectivity index (χ0) is 17.6. The summed E-state index contributed by atoms with van der Waals surface area (Å²) in [5.74, 6) is 0.403. The highest BCUT2D eigenvalue weighted by molar-refractivity contribution is 6.03. The number of nitrogens with one attached hydrogen (secondary N) is 2. The Morgan fingerprint density at radius 3 is 2.64 bits per heavy atom. The van der Waals surface area contributed by atoms with Gasteiger partial charge in [-0.25, -0.2) is 0 Å². The summed E-state index contributed by atoms with van der Waals surface area (Å²) in [6.45, 7) is 2.61. The summed E-state index contributed by atoms with van der Waals surface area (Å²) in [7, 11) is 0. The number of hydrogen-bond acceptors (Lipinski definition) is 3. The van der Waals surface area contributed by atoms with Crippen molar-refractivity contribution in [1.82, 2.24) is 5.32 Å². The third-order valence-corrected chi connectivity index (χ3v) is 4.77. The van der Waals surface area contributed by atoms with Gasteiger partial charge in [0.2, 0.25) is 0 Å². The van der Waals surface area contributed by atoms with Crippen molar-refractivity contribution in [2.24, 2.45) is 5.92 Å². The molecular weight excluding hydrogens is 316 g/mol. The Balaban J connectivity index is 1.63. The van der Waals surface area contributed by atoms with Gasteiger partial charge >= 0.3 is 0 Å². The van der Waals surface area contributed by atoms with Crippen molar-refractivity contribution in [3.05, 3.63) is 53.5 Å². The molecule has 1 saturated carbocycles. The first-order valence-corrected chi connectivity index (χ1v) is 8.87. The normalized spacial score (nSPS) is 14.9. The van der Waals surface area contributed by atoms with Gasteiger partial charge in [-0.05, 0) is 55.5 Å². The molecular formula is C20H24N2O3. The average molecular weight is 340 g/mol. The molecule has 2 amide bonds. The number of carbonyl (C=O) groups excluding carboxylic acids is 2. The molecule has 2 N–H and O–H groups in total. The summed E-state index contributed by atoms with van der Waals surface area (Å²) in [5.41, 5.74) is 2.06. The molecule has 0 bridgehead atoms. The van der Waals surface area contributed by atoms with Gasteiger partial charge < -0.3 is 15.1 Å². The summed E-state index contributed by atoms with van der Waals surface area (Å²) in [6.07, 6.45) is 7.66. The van der Waals surface area contributed by atoms with Crippen molar-refractivity contribution in [1.29, 1.82) is 0 Å². The Hall–Kier alpha value is -2.56. The molecule has 1 aromatic carbocycles. The molecule has 5 heteroatoms. The Bertz CT molecular complexity index is 731. The second-order valence-electron chi connectivity index (χ2n) is 6.68. The van der Waals surface area contributed by atoms with E-state index in [-0.39, 0.29) is 17.6 Å². The highest BCUT2D eigenvalue weighted by atomic mass is 16.3. The van der Waals surface area contributed by atoms with Gasteiger partial charge in [-0.1, -0.05) is 25.3 Å². The van der Waals surface area contributed by atoms with E-state index in [1.54, 1.807) is 24.3 Å². The molecule has 0 atom stereocenters. The molecule has 0 spiro atoms. The molecule has 1 aliphatic rings. The molecule has 0 saturated heterocycles. The van der Waals surface area contributed by atoms with Gasteiger partial charge in [-0.2, -0.15) is 0 Å². The van der Waals surface area contributed by atoms with Crippen molar-refractivity contribution in [2.75, 3.05) is 11.9 Å². The minimum absolute atomic E-state index is 0.0981. The minimum atomic E-state index is -0.326. The van der Waals surface area contributed by atoms with Gasteiger partial charge in [0.15, 0.2) is 5.76 Å². The van der Waals surface area contributed by atoms with Crippen molar-refractivity contribution in [2.45, 2.75) is 39.0 Å². The fourth-order valence-electron chi connectivity index (χ4n) is 3.22. The van der Waals surface area contributed by atoms with Crippen LogP contribution in [0.2, 0.25) is 0 Å². The van der Waals surface area contributed by atoms with Gasteiger partial charge in [0.25, 0.3) is 11.8 Å². The van der Waals surface area contributed by atoms with Crippen LogP contribution in [0.1, 0.15) is 58.6 Å². The summed E-state index contributed by atoms with van der Waals surface area (Å²) in [5, 5.41) is 5.83. The van der Waals surface area contributed by atoms with Crippen LogP contribution >= 0.6 is 0 Å². The molecule has 0 unspecified atom stereocenters. The lowest BCUT2D eigenvalue weighted by Gasteiger charge is -2.21. The van der Waals surface area contributed by atoms with Gasteiger partial charge in [0.05, 0.1) is 6.26 Å². The van der Waals surface area contributed by atoms with E-state index in [9.17, 15) is 9.59 Å².